The first kappa shape index (κ1) is 13.8. The second-order valence-corrected chi connectivity index (χ2v) is 5.06. The van der Waals surface area contributed by atoms with Crippen LogP contribution in [0.5, 0.6) is 0 Å². The zero-order chi connectivity index (χ0) is 13.7. The predicted octanol–water partition coefficient (Wildman–Crippen LogP) is 2.66. The molecule has 0 amide bonds. The molecule has 0 saturated carbocycles. The normalized spacial score (nSPS) is 24.5. The number of methoxy groups -OCH3 is 1. The molecule has 3 nitrogen and oxygen atoms in total. The van der Waals surface area contributed by atoms with Crippen molar-refractivity contribution in [2.24, 2.45) is 0 Å². The van der Waals surface area contributed by atoms with Crippen LogP contribution in [0.4, 0.5) is 0 Å². The number of likely N-dealkylation sites (tertiary alicyclic amines) is 1. The number of ether oxygens (including phenoxy) is 1. The Morgan fingerprint density at radius 1 is 1.47 bits per heavy atom. The Kier molecular flexibility index (Phi) is 4.73. The van der Waals surface area contributed by atoms with E-state index in [2.05, 4.69) is 30.1 Å². The molecule has 1 aliphatic rings. The molecule has 0 bridgehead atoms. The second-order valence-electron chi connectivity index (χ2n) is 5.06. The van der Waals surface area contributed by atoms with E-state index in [9.17, 15) is 0 Å². The highest BCUT2D eigenvalue weighted by molar-refractivity contribution is 5.53. The summed E-state index contributed by atoms with van der Waals surface area (Å²) in [5, 5.41) is 8.59. The smallest absolute Gasteiger partial charge is 0.0912 e. The van der Waals surface area contributed by atoms with Crippen molar-refractivity contribution in [3.05, 3.63) is 41.5 Å². The van der Waals surface area contributed by atoms with Gasteiger partial charge in [0.15, 0.2) is 0 Å². The number of piperidine rings is 1. The Hall–Kier alpha value is -1.63. The number of nitrogens with zero attached hydrogens (tertiary/aromatic N) is 2. The van der Waals surface area contributed by atoms with Crippen LogP contribution in [0.1, 0.15) is 23.5 Å². The number of hydrogen-bond donors (Lipinski definition) is 0. The largest absolute Gasteiger partial charge is 0.379 e. The molecule has 1 heterocycles. The average Bonchev–Trinajstić information content (AvgIpc) is 2.45. The molecule has 19 heavy (non-hydrogen) atoms. The van der Waals surface area contributed by atoms with Gasteiger partial charge in [0, 0.05) is 25.6 Å². The van der Waals surface area contributed by atoms with Gasteiger partial charge >= 0.3 is 0 Å². The van der Waals surface area contributed by atoms with Crippen molar-refractivity contribution in [2.75, 3.05) is 27.2 Å². The molecule has 1 unspecified atom stereocenters. The standard InChI is InChI=1S/C16H20N2O/c1-18-10-8-15(16(12-18)19-2)14-7-3-5-13(11-14)6-4-9-17/h3-7,11,15-16H,8,10,12H2,1-2H3/t15-,16?/m1/s1. The van der Waals surface area contributed by atoms with Crippen molar-refractivity contribution in [3.8, 4) is 6.07 Å². The van der Waals surface area contributed by atoms with Crippen molar-refractivity contribution in [3.63, 3.8) is 0 Å². The Labute approximate surface area is 115 Å². The Balaban J connectivity index is 2.21. The first-order valence-corrected chi connectivity index (χ1v) is 6.62. The van der Waals surface area contributed by atoms with Crippen molar-refractivity contribution in [1.29, 1.82) is 5.26 Å². The van der Waals surface area contributed by atoms with Gasteiger partial charge in [0.2, 0.25) is 0 Å². The highest BCUT2D eigenvalue weighted by Gasteiger charge is 2.28. The fourth-order valence-corrected chi connectivity index (χ4v) is 2.72. The molecular weight excluding hydrogens is 236 g/mol. The summed E-state index contributed by atoms with van der Waals surface area (Å²) in [4.78, 5) is 2.31. The summed E-state index contributed by atoms with van der Waals surface area (Å²) in [6.07, 6.45) is 4.72. The van der Waals surface area contributed by atoms with E-state index in [0.29, 0.717) is 5.92 Å². The van der Waals surface area contributed by atoms with Crippen LogP contribution in [0.2, 0.25) is 0 Å². The van der Waals surface area contributed by atoms with E-state index >= 15 is 0 Å². The minimum absolute atomic E-state index is 0.244. The summed E-state index contributed by atoms with van der Waals surface area (Å²) in [6.45, 7) is 2.07. The Morgan fingerprint density at radius 3 is 3.05 bits per heavy atom. The van der Waals surface area contributed by atoms with Gasteiger partial charge in [-0.2, -0.15) is 5.26 Å². The topological polar surface area (TPSA) is 36.3 Å². The minimum atomic E-state index is 0.244. The molecule has 3 heteroatoms. The van der Waals surface area contributed by atoms with Gasteiger partial charge in [-0.3, -0.25) is 0 Å². The van der Waals surface area contributed by atoms with Crippen LogP contribution in [-0.4, -0.2) is 38.3 Å². The third-order valence-corrected chi connectivity index (χ3v) is 3.75. The first-order chi connectivity index (χ1) is 9.24. The fraction of sp³-hybridized carbons (Fsp3) is 0.438. The highest BCUT2D eigenvalue weighted by Crippen LogP contribution is 2.30. The lowest BCUT2D eigenvalue weighted by Crippen LogP contribution is -2.41. The van der Waals surface area contributed by atoms with Crippen molar-refractivity contribution in [2.45, 2.75) is 18.4 Å². The van der Waals surface area contributed by atoms with Crippen molar-refractivity contribution >= 4 is 6.08 Å². The molecule has 0 aromatic heterocycles. The summed E-state index contributed by atoms with van der Waals surface area (Å²) in [7, 11) is 3.92. The molecule has 0 aliphatic carbocycles. The van der Waals surface area contributed by atoms with Gasteiger partial charge in [-0.25, -0.2) is 0 Å². The third kappa shape index (κ3) is 3.44. The fourth-order valence-electron chi connectivity index (χ4n) is 2.72. The van der Waals surface area contributed by atoms with Crippen molar-refractivity contribution < 1.29 is 4.74 Å². The number of rotatable bonds is 3. The average molecular weight is 256 g/mol. The number of allylic oxidation sites excluding steroid dienone is 1. The van der Waals surface area contributed by atoms with E-state index in [1.54, 1.807) is 7.11 Å². The van der Waals surface area contributed by atoms with Gasteiger partial charge in [-0.05, 0) is 37.2 Å². The van der Waals surface area contributed by atoms with E-state index in [0.717, 1.165) is 25.1 Å². The Bertz CT molecular complexity index is 490. The summed E-state index contributed by atoms with van der Waals surface area (Å²) in [6, 6.07) is 10.4. The summed E-state index contributed by atoms with van der Waals surface area (Å²) in [5.41, 5.74) is 2.38. The Morgan fingerprint density at radius 2 is 2.32 bits per heavy atom. The third-order valence-electron chi connectivity index (χ3n) is 3.75. The van der Waals surface area contributed by atoms with Gasteiger partial charge in [0.05, 0.1) is 12.2 Å². The maximum absolute atomic E-state index is 8.59. The molecule has 1 aliphatic heterocycles. The van der Waals surface area contributed by atoms with E-state index < -0.39 is 0 Å². The predicted molar refractivity (Wildman–Crippen MR) is 76.7 cm³/mol. The van der Waals surface area contributed by atoms with E-state index in [-0.39, 0.29) is 6.10 Å². The van der Waals surface area contributed by atoms with Crippen LogP contribution in [0.3, 0.4) is 0 Å². The quantitative estimate of drug-likeness (QED) is 0.780. The van der Waals surface area contributed by atoms with Gasteiger partial charge in [0.1, 0.15) is 0 Å². The van der Waals surface area contributed by atoms with Crippen molar-refractivity contribution in [1.82, 2.24) is 4.90 Å². The summed E-state index contributed by atoms with van der Waals surface area (Å²) < 4.78 is 5.64. The molecule has 1 aromatic carbocycles. The van der Waals surface area contributed by atoms with Crippen LogP contribution in [0.25, 0.3) is 6.08 Å². The number of likely N-dealkylation sites (N-methyl/N-ethyl adjacent to an activating group) is 1. The SMILES string of the molecule is COC1CN(C)CC[C@@H]1c1cccc(C=CC#N)c1. The van der Waals surface area contributed by atoms with Crippen LogP contribution in [0.15, 0.2) is 30.3 Å². The van der Waals surface area contributed by atoms with Crippen LogP contribution in [-0.2, 0) is 4.74 Å². The zero-order valence-electron chi connectivity index (χ0n) is 11.5. The maximum atomic E-state index is 8.59. The van der Waals surface area contributed by atoms with Gasteiger partial charge in [0.25, 0.3) is 0 Å². The first-order valence-electron chi connectivity index (χ1n) is 6.62. The van der Waals surface area contributed by atoms with E-state index in [1.165, 1.54) is 11.6 Å². The van der Waals surface area contributed by atoms with Crippen LogP contribution >= 0.6 is 0 Å². The van der Waals surface area contributed by atoms with Gasteiger partial charge in [-0.15, -0.1) is 0 Å². The molecular formula is C16H20N2O. The van der Waals surface area contributed by atoms with E-state index in [1.807, 2.05) is 18.2 Å². The highest BCUT2D eigenvalue weighted by atomic mass is 16.5. The van der Waals surface area contributed by atoms with Crippen LogP contribution in [0, 0.1) is 11.3 Å². The number of hydrogen-bond acceptors (Lipinski definition) is 3. The molecule has 0 spiro atoms. The molecule has 100 valence electrons. The number of nitriles is 1. The molecule has 2 rings (SSSR count). The minimum Gasteiger partial charge on any atom is -0.379 e. The molecule has 1 saturated heterocycles. The zero-order valence-corrected chi connectivity index (χ0v) is 11.5. The molecule has 0 N–H and O–H groups in total. The lowest BCUT2D eigenvalue weighted by molar-refractivity contribution is 0.0233. The van der Waals surface area contributed by atoms with Crippen LogP contribution < -0.4 is 0 Å². The molecule has 0 radical (unpaired) electrons. The lowest BCUT2D eigenvalue weighted by Gasteiger charge is -2.36. The number of benzene rings is 1. The van der Waals surface area contributed by atoms with E-state index in [4.69, 9.17) is 10.00 Å². The van der Waals surface area contributed by atoms with Gasteiger partial charge in [-0.1, -0.05) is 24.3 Å². The molecule has 2 atom stereocenters. The molecule has 1 aromatic rings. The summed E-state index contributed by atoms with van der Waals surface area (Å²) >= 11 is 0. The lowest BCUT2D eigenvalue weighted by atomic mass is 9.86. The second kappa shape index (κ2) is 6.51. The van der Waals surface area contributed by atoms with Gasteiger partial charge < -0.3 is 9.64 Å². The summed E-state index contributed by atoms with van der Waals surface area (Å²) in [5.74, 6) is 0.441. The molecule has 1 fully saturated rings. The monoisotopic (exact) mass is 256 g/mol. The maximum Gasteiger partial charge on any atom is 0.0912 e.